The molecule has 0 fully saturated rings. The van der Waals surface area contributed by atoms with Gasteiger partial charge < -0.3 is 15.2 Å². The SMILES string of the molecule is COCc1cccc(OCc2cccnc2C(=N)N)c1. The Bertz CT molecular complexity index is 599. The molecule has 104 valence electrons. The molecule has 0 amide bonds. The average Bonchev–Trinajstić information content (AvgIpc) is 2.46. The maximum atomic E-state index is 7.49. The number of nitrogens with two attached hydrogens (primary N) is 1. The molecule has 0 saturated carbocycles. The summed E-state index contributed by atoms with van der Waals surface area (Å²) in [5.74, 6) is 0.690. The molecular formula is C15H17N3O2. The van der Waals surface area contributed by atoms with Crippen LogP contribution in [0.4, 0.5) is 0 Å². The van der Waals surface area contributed by atoms with E-state index in [2.05, 4.69) is 4.98 Å². The van der Waals surface area contributed by atoms with Gasteiger partial charge in [0.2, 0.25) is 0 Å². The van der Waals surface area contributed by atoms with Gasteiger partial charge in [0.05, 0.1) is 6.61 Å². The lowest BCUT2D eigenvalue weighted by Gasteiger charge is -2.10. The van der Waals surface area contributed by atoms with Gasteiger partial charge in [-0.2, -0.15) is 0 Å². The van der Waals surface area contributed by atoms with Crippen molar-refractivity contribution in [1.82, 2.24) is 4.98 Å². The number of rotatable bonds is 6. The van der Waals surface area contributed by atoms with Crippen LogP contribution in [0.5, 0.6) is 5.75 Å². The van der Waals surface area contributed by atoms with Crippen molar-refractivity contribution in [3.8, 4) is 5.75 Å². The lowest BCUT2D eigenvalue weighted by atomic mass is 10.2. The fraction of sp³-hybridized carbons (Fsp3) is 0.200. The zero-order valence-electron chi connectivity index (χ0n) is 11.3. The molecule has 1 aromatic heterocycles. The largest absolute Gasteiger partial charge is 0.489 e. The molecule has 1 heterocycles. The van der Waals surface area contributed by atoms with Gasteiger partial charge in [-0.25, -0.2) is 0 Å². The molecule has 0 unspecified atom stereocenters. The van der Waals surface area contributed by atoms with E-state index in [4.69, 9.17) is 20.6 Å². The number of nitrogen functional groups attached to an aromatic ring is 1. The lowest BCUT2D eigenvalue weighted by molar-refractivity contribution is 0.184. The number of pyridine rings is 1. The number of hydrogen-bond acceptors (Lipinski definition) is 4. The fourth-order valence-electron chi connectivity index (χ4n) is 1.85. The molecule has 0 aliphatic carbocycles. The Morgan fingerprint density at radius 3 is 2.85 bits per heavy atom. The average molecular weight is 271 g/mol. The number of amidine groups is 1. The van der Waals surface area contributed by atoms with Gasteiger partial charge in [0.15, 0.2) is 0 Å². The standard InChI is InChI=1S/C15H17N3O2/c1-19-9-11-4-2-6-13(8-11)20-10-12-5-3-7-18-14(12)15(16)17/h2-8H,9-10H2,1H3,(H3,16,17). The Labute approximate surface area is 117 Å². The Morgan fingerprint density at radius 1 is 1.25 bits per heavy atom. The van der Waals surface area contributed by atoms with Gasteiger partial charge in [0.1, 0.15) is 23.9 Å². The van der Waals surface area contributed by atoms with Gasteiger partial charge in [-0.3, -0.25) is 10.4 Å². The molecule has 2 aromatic rings. The van der Waals surface area contributed by atoms with Crippen LogP contribution >= 0.6 is 0 Å². The quantitative estimate of drug-likeness (QED) is 0.622. The first-order valence-corrected chi connectivity index (χ1v) is 6.19. The van der Waals surface area contributed by atoms with Crippen molar-refractivity contribution >= 4 is 5.84 Å². The van der Waals surface area contributed by atoms with E-state index < -0.39 is 0 Å². The second kappa shape index (κ2) is 6.68. The highest BCUT2D eigenvalue weighted by atomic mass is 16.5. The minimum Gasteiger partial charge on any atom is -0.489 e. The van der Waals surface area contributed by atoms with Crippen LogP contribution in [0, 0.1) is 5.41 Å². The molecule has 0 spiro atoms. The number of benzene rings is 1. The predicted octanol–water partition coefficient (Wildman–Crippen LogP) is 2.09. The van der Waals surface area contributed by atoms with Gasteiger partial charge >= 0.3 is 0 Å². The number of ether oxygens (including phenoxy) is 2. The second-order valence-electron chi connectivity index (χ2n) is 4.29. The summed E-state index contributed by atoms with van der Waals surface area (Å²) in [6, 6.07) is 11.3. The van der Waals surface area contributed by atoms with Crippen molar-refractivity contribution in [2.75, 3.05) is 7.11 Å². The molecule has 0 aliphatic rings. The van der Waals surface area contributed by atoms with E-state index in [1.165, 1.54) is 0 Å². The highest BCUT2D eigenvalue weighted by molar-refractivity contribution is 5.94. The number of methoxy groups -OCH3 is 1. The maximum Gasteiger partial charge on any atom is 0.142 e. The van der Waals surface area contributed by atoms with E-state index in [0.29, 0.717) is 18.9 Å². The number of nitrogens with one attached hydrogen (secondary N) is 1. The summed E-state index contributed by atoms with van der Waals surface area (Å²) in [4.78, 5) is 4.09. The zero-order valence-corrected chi connectivity index (χ0v) is 11.3. The van der Waals surface area contributed by atoms with Crippen molar-refractivity contribution < 1.29 is 9.47 Å². The Hall–Kier alpha value is -2.40. The summed E-state index contributed by atoms with van der Waals surface area (Å²) in [5, 5.41) is 7.49. The van der Waals surface area contributed by atoms with Gasteiger partial charge in [-0.1, -0.05) is 18.2 Å². The first kappa shape index (κ1) is 14.0. The van der Waals surface area contributed by atoms with Crippen molar-refractivity contribution in [1.29, 1.82) is 5.41 Å². The Balaban J connectivity index is 2.09. The van der Waals surface area contributed by atoms with Gasteiger partial charge in [-0.05, 0) is 23.8 Å². The molecular weight excluding hydrogens is 254 g/mol. The van der Waals surface area contributed by atoms with Crippen molar-refractivity contribution in [3.05, 3.63) is 59.4 Å². The first-order chi connectivity index (χ1) is 9.70. The van der Waals surface area contributed by atoms with Crippen molar-refractivity contribution in [2.24, 2.45) is 5.73 Å². The topological polar surface area (TPSA) is 81.2 Å². The maximum absolute atomic E-state index is 7.49. The monoisotopic (exact) mass is 271 g/mol. The fourth-order valence-corrected chi connectivity index (χ4v) is 1.85. The van der Waals surface area contributed by atoms with Crippen molar-refractivity contribution in [2.45, 2.75) is 13.2 Å². The minimum absolute atomic E-state index is 0.0580. The summed E-state index contributed by atoms with van der Waals surface area (Å²) in [7, 11) is 1.66. The van der Waals surface area contributed by atoms with Crippen LogP contribution in [-0.2, 0) is 18.0 Å². The number of hydrogen-bond donors (Lipinski definition) is 2. The molecule has 3 N–H and O–H groups in total. The van der Waals surface area contributed by atoms with Gasteiger partial charge in [-0.15, -0.1) is 0 Å². The van der Waals surface area contributed by atoms with Crippen LogP contribution in [0.3, 0.4) is 0 Å². The highest BCUT2D eigenvalue weighted by Gasteiger charge is 2.07. The summed E-state index contributed by atoms with van der Waals surface area (Å²) in [6.07, 6.45) is 1.61. The smallest absolute Gasteiger partial charge is 0.142 e. The molecule has 0 atom stereocenters. The summed E-state index contributed by atoms with van der Waals surface area (Å²) in [5.41, 5.74) is 7.79. The molecule has 1 aromatic carbocycles. The normalized spacial score (nSPS) is 10.2. The van der Waals surface area contributed by atoms with Crippen LogP contribution in [0.2, 0.25) is 0 Å². The molecule has 2 rings (SSSR count). The van der Waals surface area contributed by atoms with Crippen LogP contribution in [0.25, 0.3) is 0 Å². The van der Waals surface area contributed by atoms with E-state index >= 15 is 0 Å². The minimum atomic E-state index is -0.0580. The van der Waals surface area contributed by atoms with Crippen LogP contribution in [-0.4, -0.2) is 17.9 Å². The molecule has 5 heteroatoms. The van der Waals surface area contributed by atoms with Gasteiger partial charge in [0, 0.05) is 18.9 Å². The first-order valence-electron chi connectivity index (χ1n) is 6.19. The summed E-state index contributed by atoms with van der Waals surface area (Å²) < 4.78 is 10.8. The molecule has 0 radical (unpaired) electrons. The van der Waals surface area contributed by atoms with Gasteiger partial charge in [0.25, 0.3) is 0 Å². The van der Waals surface area contributed by atoms with Crippen LogP contribution < -0.4 is 10.5 Å². The Morgan fingerprint density at radius 2 is 2.10 bits per heavy atom. The van der Waals surface area contributed by atoms with Crippen LogP contribution in [0.1, 0.15) is 16.8 Å². The van der Waals surface area contributed by atoms with E-state index in [0.717, 1.165) is 16.9 Å². The van der Waals surface area contributed by atoms with E-state index in [1.54, 1.807) is 19.4 Å². The molecule has 0 saturated heterocycles. The van der Waals surface area contributed by atoms with E-state index in [1.807, 2.05) is 30.3 Å². The summed E-state index contributed by atoms with van der Waals surface area (Å²) >= 11 is 0. The van der Waals surface area contributed by atoms with Crippen LogP contribution in [0.15, 0.2) is 42.6 Å². The summed E-state index contributed by atoms with van der Waals surface area (Å²) in [6.45, 7) is 0.863. The second-order valence-corrected chi connectivity index (χ2v) is 4.29. The number of aromatic nitrogens is 1. The lowest BCUT2D eigenvalue weighted by Crippen LogP contribution is -2.16. The molecule has 5 nitrogen and oxygen atoms in total. The Kier molecular flexibility index (Phi) is 4.68. The third kappa shape index (κ3) is 3.55. The van der Waals surface area contributed by atoms with E-state index in [9.17, 15) is 0 Å². The zero-order chi connectivity index (χ0) is 14.4. The van der Waals surface area contributed by atoms with E-state index in [-0.39, 0.29) is 5.84 Å². The third-order valence-corrected chi connectivity index (χ3v) is 2.75. The molecule has 20 heavy (non-hydrogen) atoms. The van der Waals surface area contributed by atoms with Crippen molar-refractivity contribution in [3.63, 3.8) is 0 Å². The highest BCUT2D eigenvalue weighted by Crippen LogP contribution is 2.16. The number of nitrogens with zero attached hydrogens (tertiary/aromatic N) is 1. The predicted molar refractivity (Wildman–Crippen MR) is 76.7 cm³/mol. The molecule has 0 aliphatic heterocycles. The third-order valence-electron chi connectivity index (χ3n) is 2.75. The molecule has 0 bridgehead atoms.